The Balaban J connectivity index is 1.35. The van der Waals surface area contributed by atoms with E-state index in [1.165, 1.54) is 23.8 Å². The Bertz CT molecular complexity index is 1550. The summed E-state index contributed by atoms with van der Waals surface area (Å²) in [5.74, 6) is -2.34. The molecule has 11 nitrogen and oxygen atoms in total. The van der Waals surface area contributed by atoms with Crippen LogP contribution in [0.1, 0.15) is 16.8 Å². The van der Waals surface area contributed by atoms with E-state index in [1.807, 2.05) is 65.5 Å². The number of nitrogen functional groups attached to an aromatic ring is 1. The number of nitrogens with two attached hydrogens (primary N) is 1. The zero-order valence-corrected chi connectivity index (χ0v) is 22.9. The molecule has 40 heavy (non-hydrogen) atoms. The molecule has 0 unspecified atom stereocenters. The summed E-state index contributed by atoms with van der Waals surface area (Å²) >= 11 is 2.41. The van der Waals surface area contributed by atoms with Gasteiger partial charge in [0.25, 0.3) is 11.8 Å². The number of pyridine rings is 1. The summed E-state index contributed by atoms with van der Waals surface area (Å²) < 4.78 is 2.04. The van der Waals surface area contributed by atoms with E-state index in [0.717, 1.165) is 22.5 Å². The molecule has 3 N–H and O–H groups in total. The maximum Gasteiger partial charge on any atom is 0.276 e. The Kier molecular flexibility index (Phi) is 7.94. The molecule has 1 fully saturated rings. The van der Waals surface area contributed by atoms with Crippen LogP contribution in [0.3, 0.4) is 0 Å². The SMILES string of the molecule is CO/N=C(/C(=O)N[C@@H]1C(=O)N2C(C(=O)[O-])=C(/C=C/c3ccccc3C[n+]3ccccc3)SC[C@H]12)c1csc(N)n1. The summed E-state index contributed by atoms with van der Waals surface area (Å²) in [5, 5.41) is 20.3. The molecular weight excluding hydrogens is 552 g/mol. The van der Waals surface area contributed by atoms with Gasteiger partial charge in [0.2, 0.25) is 0 Å². The highest BCUT2D eigenvalue weighted by Crippen LogP contribution is 2.39. The van der Waals surface area contributed by atoms with Crippen LogP contribution in [-0.4, -0.2) is 58.3 Å². The van der Waals surface area contributed by atoms with Gasteiger partial charge in [-0.1, -0.05) is 41.6 Å². The number of fused-ring (bicyclic) bond motifs is 1. The number of allylic oxidation sites excluding steroid dienone is 1. The van der Waals surface area contributed by atoms with Crippen molar-refractivity contribution >= 4 is 57.8 Å². The molecule has 0 spiro atoms. The molecule has 2 atom stereocenters. The van der Waals surface area contributed by atoms with Crippen molar-refractivity contribution in [1.82, 2.24) is 15.2 Å². The van der Waals surface area contributed by atoms with Crippen molar-refractivity contribution in [1.29, 1.82) is 0 Å². The van der Waals surface area contributed by atoms with E-state index in [4.69, 9.17) is 10.6 Å². The second kappa shape index (κ2) is 11.7. The van der Waals surface area contributed by atoms with E-state index in [2.05, 4.69) is 15.5 Å². The highest BCUT2D eigenvalue weighted by molar-refractivity contribution is 8.03. The fourth-order valence-electron chi connectivity index (χ4n) is 4.48. The van der Waals surface area contributed by atoms with Crippen LogP contribution in [0.2, 0.25) is 0 Å². The fraction of sp³-hybridized carbons (Fsp3) is 0.185. The lowest BCUT2D eigenvalue weighted by Crippen LogP contribution is -2.73. The van der Waals surface area contributed by atoms with Crippen molar-refractivity contribution in [3.63, 3.8) is 0 Å². The first kappa shape index (κ1) is 27.1. The molecule has 4 heterocycles. The van der Waals surface area contributed by atoms with Gasteiger partial charge >= 0.3 is 0 Å². The van der Waals surface area contributed by atoms with E-state index >= 15 is 0 Å². The molecule has 1 aromatic carbocycles. The van der Waals surface area contributed by atoms with Crippen molar-refractivity contribution in [3.05, 3.63) is 93.7 Å². The number of hydrogen-bond donors (Lipinski definition) is 2. The fourth-order valence-corrected chi connectivity index (χ4v) is 6.20. The number of amides is 2. The van der Waals surface area contributed by atoms with E-state index in [0.29, 0.717) is 17.2 Å². The van der Waals surface area contributed by atoms with Crippen LogP contribution in [0.25, 0.3) is 6.08 Å². The van der Waals surface area contributed by atoms with Gasteiger partial charge in [-0.2, -0.15) is 0 Å². The molecule has 13 heteroatoms. The monoisotopic (exact) mass is 576 g/mol. The van der Waals surface area contributed by atoms with E-state index in [1.54, 1.807) is 11.5 Å². The van der Waals surface area contributed by atoms with Crippen molar-refractivity contribution < 1.29 is 28.9 Å². The average molecular weight is 577 g/mol. The van der Waals surface area contributed by atoms with Gasteiger partial charge in [0.05, 0.1) is 17.7 Å². The predicted octanol–water partition coefficient (Wildman–Crippen LogP) is 0.529. The van der Waals surface area contributed by atoms with E-state index < -0.39 is 29.9 Å². The molecule has 0 radical (unpaired) electrons. The van der Waals surface area contributed by atoms with Crippen molar-refractivity contribution in [3.8, 4) is 0 Å². The van der Waals surface area contributed by atoms with Crippen molar-refractivity contribution in [2.75, 3.05) is 18.6 Å². The number of rotatable bonds is 9. The number of thioether (sulfide) groups is 1. The number of benzene rings is 1. The number of oxime groups is 1. The topological polar surface area (TPSA) is 154 Å². The second-order valence-electron chi connectivity index (χ2n) is 8.81. The summed E-state index contributed by atoms with van der Waals surface area (Å²) in [5.41, 5.74) is 7.47. The first-order valence-corrected chi connectivity index (χ1v) is 14.0. The minimum Gasteiger partial charge on any atom is -0.543 e. The third-order valence-corrected chi connectivity index (χ3v) is 8.17. The van der Waals surface area contributed by atoms with Gasteiger partial charge in [-0.15, -0.1) is 23.1 Å². The maximum atomic E-state index is 13.1. The lowest BCUT2D eigenvalue weighted by molar-refractivity contribution is -0.688. The molecule has 2 aromatic heterocycles. The summed E-state index contributed by atoms with van der Waals surface area (Å²) in [6.07, 6.45) is 7.46. The summed E-state index contributed by atoms with van der Waals surface area (Å²) in [7, 11) is 1.28. The van der Waals surface area contributed by atoms with Gasteiger partial charge < -0.3 is 30.7 Å². The number of nitrogens with one attached hydrogen (secondary N) is 1. The standard InChI is InChI=1S/C27H24N6O5S2/c1-38-31-21(18-14-40-27(28)29-18)24(34)30-22-19-15-39-20(23(26(36)37)33(19)25(22)35)10-9-16-7-3-4-8-17(16)13-32-11-5-2-6-12-32/h2-12,14,19,22H,13,15H2,1H3,(H3-,28,29,30,34,36,37)/b10-9+,31-21+/t19-,22+/m1/s1. The molecule has 0 aliphatic carbocycles. The molecular formula is C27H24N6O5S2. The first-order valence-electron chi connectivity index (χ1n) is 12.1. The van der Waals surface area contributed by atoms with Crippen molar-refractivity contribution in [2.45, 2.75) is 18.6 Å². The number of thiazole rings is 1. The largest absolute Gasteiger partial charge is 0.543 e. The van der Waals surface area contributed by atoms with Crippen LogP contribution in [0.5, 0.6) is 0 Å². The number of carbonyl (C=O) groups is 3. The van der Waals surface area contributed by atoms with Crippen LogP contribution < -0.4 is 20.7 Å². The lowest BCUT2D eigenvalue weighted by Gasteiger charge is -2.50. The third kappa shape index (κ3) is 5.46. The van der Waals surface area contributed by atoms with Gasteiger partial charge in [-0.3, -0.25) is 9.59 Å². The summed E-state index contributed by atoms with van der Waals surface area (Å²) in [6.45, 7) is 0.636. The van der Waals surface area contributed by atoms with Gasteiger partial charge in [-0.25, -0.2) is 9.55 Å². The second-order valence-corrected chi connectivity index (χ2v) is 10.8. The maximum absolute atomic E-state index is 13.1. The zero-order valence-electron chi connectivity index (χ0n) is 21.2. The molecule has 204 valence electrons. The van der Waals surface area contributed by atoms with Crippen LogP contribution in [0.4, 0.5) is 5.13 Å². The number of aliphatic carboxylic acids is 1. The Hall–Kier alpha value is -4.49. The summed E-state index contributed by atoms with van der Waals surface area (Å²) in [6, 6.07) is 12.1. The molecule has 2 aliphatic rings. The van der Waals surface area contributed by atoms with Crippen LogP contribution in [0.15, 0.2) is 82.1 Å². The number of anilines is 1. The molecule has 5 rings (SSSR count). The number of aromatic nitrogens is 2. The molecule has 1 saturated heterocycles. The van der Waals surface area contributed by atoms with Gasteiger partial charge in [-0.05, 0) is 11.6 Å². The van der Waals surface area contributed by atoms with Crippen LogP contribution in [-0.2, 0) is 25.8 Å². The minimum absolute atomic E-state index is 0.142. The molecule has 3 aromatic rings. The Morgan fingerprint density at radius 3 is 2.73 bits per heavy atom. The smallest absolute Gasteiger partial charge is 0.276 e. The highest BCUT2D eigenvalue weighted by atomic mass is 32.2. The predicted molar refractivity (Wildman–Crippen MR) is 148 cm³/mol. The van der Waals surface area contributed by atoms with Gasteiger partial charge in [0.15, 0.2) is 29.8 Å². The number of nitrogens with zero attached hydrogens (tertiary/aromatic N) is 4. The van der Waals surface area contributed by atoms with Gasteiger partial charge in [0, 0.05) is 33.7 Å². The van der Waals surface area contributed by atoms with Crippen LogP contribution in [0, 0.1) is 0 Å². The highest BCUT2D eigenvalue weighted by Gasteiger charge is 2.52. The molecule has 0 bridgehead atoms. The molecule has 2 aliphatic heterocycles. The first-order chi connectivity index (χ1) is 19.4. The number of β-lactam (4-membered cyclic amide) rings is 1. The Labute approximate surface area is 237 Å². The number of hydrogen-bond acceptors (Lipinski definition) is 10. The lowest BCUT2D eigenvalue weighted by atomic mass is 9.94. The zero-order chi connectivity index (χ0) is 28.2. The number of carbonyl (C=O) groups excluding carboxylic acids is 3. The van der Waals surface area contributed by atoms with Gasteiger partial charge in [0.1, 0.15) is 18.8 Å². The number of carboxylic acid groups (broad SMARTS) is 1. The summed E-state index contributed by atoms with van der Waals surface area (Å²) in [4.78, 5) is 48.6. The number of carboxylic acids is 1. The Morgan fingerprint density at radius 1 is 1.25 bits per heavy atom. The third-order valence-electron chi connectivity index (χ3n) is 6.35. The van der Waals surface area contributed by atoms with E-state index in [9.17, 15) is 19.5 Å². The Morgan fingerprint density at radius 2 is 2.02 bits per heavy atom. The molecule has 2 amide bonds. The van der Waals surface area contributed by atoms with Crippen LogP contribution >= 0.6 is 23.1 Å². The molecule has 0 saturated carbocycles. The normalized spacial score (nSPS) is 18.9. The quantitative estimate of drug-likeness (QED) is 0.162. The van der Waals surface area contributed by atoms with E-state index in [-0.39, 0.29) is 22.2 Å². The van der Waals surface area contributed by atoms with Crippen molar-refractivity contribution in [2.24, 2.45) is 5.16 Å². The minimum atomic E-state index is -1.47. The average Bonchev–Trinajstić information content (AvgIpc) is 3.39.